The van der Waals surface area contributed by atoms with Crippen LogP contribution in [0.1, 0.15) is 21.3 Å². The summed E-state index contributed by atoms with van der Waals surface area (Å²) in [6, 6.07) is 3.91. The van der Waals surface area contributed by atoms with Gasteiger partial charge in [-0.05, 0) is 11.4 Å². The van der Waals surface area contributed by atoms with Gasteiger partial charge in [0.2, 0.25) is 0 Å². The van der Waals surface area contributed by atoms with E-state index < -0.39 is 0 Å². The second kappa shape index (κ2) is 5.60. The zero-order valence-corrected chi connectivity index (χ0v) is 10.00. The first-order chi connectivity index (χ1) is 8.29. The molecule has 0 fully saturated rings. The van der Waals surface area contributed by atoms with Gasteiger partial charge in [0.25, 0.3) is 5.91 Å². The molecule has 0 saturated heterocycles. The molecule has 0 radical (unpaired) electrons. The third kappa shape index (κ3) is 3.15. The molecule has 0 aliphatic heterocycles. The maximum Gasteiger partial charge on any atom is 0.273 e. The van der Waals surface area contributed by atoms with Gasteiger partial charge in [0.1, 0.15) is 6.26 Å². The Morgan fingerprint density at radius 3 is 3.18 bits per heavy atom. The number of hydrogen-bond acceptors (Lipinski definition) is 5. The van der Waals surface area contributed by atoms with Crippen molar-refractivity contribution in [3.05, 3.63) is 40.2 Å². The Hall–Kier alpha value is -1.66. The van der Waals surface area contributed by atoms with Gasteiger partial charge in [-0.25, -0.2) is 4.98 Å². The van der Waals surface area contributed by atoms with E-state index in [0.717, 1.165) is 4.88 Å². The van der Waals surface area contributed by atoms with Crippen LogP contribution in [0.3, 0.4) is 0 Å². The molecule has 0 aliphatic rings. The van der Waals surface area contributed by atoms with E-state index in [-0.39, 0.29) is 5.91 Å². The van der Waals surface area contributed by atoms with Crippen molar-refractivity contribution in [3.8, 4) is 0 Å². The van der Waals surface area contributed by atoms with Crippen molar-refractivity contribution in [3.63, 3.8) is 0 Å². The Balaban J connectivity index is 1.90. The van der Waals surface area contributed by atoms with Crippen LogP contribution in [0.4, 0.5) is 0 Å². The number of thiophene rings is 1. The third-order valence-electron chi connectivity index (χ3n) is 2.15. The molecule has 90 valence electrons. The maximum absolute atomic E-state index is 11.7. The van der Waals surface area contributed by atoms with Crippen molar-refractivity contribution in [2.24, 2.45) is 5.73 Å². The van der Waals surface area contributed by atoms with E-state index in [9.17, 15) is 4.79 Å². The summed E-state index contributed by atoms with van der Waals surface area (Å²) in [6.07, 6.45) is 1.90. The van der Waals surface area contributed by atoms with Gasteiger partial charge in [-0.15, -0.1) is 11.3 Å². The molecule has 6 heteroatoms. The van der Waals surface area contributed by atoms with E-state index in [1.165, 1.54) is 6.26 Å². The summed E-state index contributed by atoms with van der Waals surface area (Å²) in [6.45, 7) is 0.965. The van der Waals surface area contributed by atoms with Crippen molar-refractivity contribution in [2.75, 3.05) is 6.54 Å². The highest BCUT2D eigenvalue weighted by Crippen LogP contribution is 2.08. The molecule has 0 saturated carbocycles. The van der Waals surface area contributed by atoms with Crippen LogP contribution in [0, 0.1) is 0 Å². The summed E-state index contributed by atoms with van der Waals surface area (Å²) in [4.78, 5) is 16.8. The second-order valence-electron chi connectivity index (χ2n) is 3.43. The first kappa shape index (κ1) is 11.8. The smallest absolute Gasteiger partial charge is 0.273 e. The number of oxazole rings is 1. The molecule has 1 amide bonds. The second-order valence-corrected chi connectivity index (χ2v) is 4.46. The number of rotatable bonds is 5. The van der Waals surface area contributed by atoms with Crippen LogP contribution in [-0.4, -0.2) is 17.4 Å². The molecule has 0 aliphatic carbocycles. The highest BCUT2D eigenvalue weighted by atomic mass is 32.1. The number of carbonyl (C=O) groups is 1. The van der Waals surface area contributed by atoms with Crippen LogP contribution in [0.2, 0.25) is 0 Å². The first-order valence-corrected chi connectivity index (χ1v) is 6.12. The molecule has 0 atom stereocenters. The maximum atomic E-state index is 11.7. The number of hydrogen-bond donors (Lipinski definition) is 2. The number of nitrogens with one attached hydrogen (secondary N) is 1. The average Bonchev–Trinajstić information content (AvgIpc) is 2.97. The van der Waals surface area contributed by atoms with E-state index in [4.69, 9.17) is 10.2 Å². The number of nitrogens with two attached hydrogens (primary N) is 1. The zero-order valence-electron chi connectivity index (χ0n) is 9.18. The predicted molar refractivity (Wildman–Crippen MR) is 64.8 cm³/mol. The van der Waals surface area contributed by atoms with Gasteiger partial charge in [0.15, 0.2) is 11.6 Å². The van der Waals surface area contributed by atoms with Gasteiger partial charge >= 0.3 is 0 Å². The Labute approximate surface area is 103 Å². The van der Waals surface area contributed by atoms with Gasteiger partial charge in [0.05, 0.1) is 6.54 Å². The standard InChI is InChI=1S/C11H13N3O2S/c12-4-3-10-14-9(7-16-10)11(15)13-6-8-2-1-5-17-8/h1-2,5,7H,3-4,6,12H2,(H,13,15). The van der Waals surface area contributed by atoms with Crippen LogP contribution in [0.15, 0.2) is 28.2 Å². The van der Waals surface area contributed by atoms with E-state index in [1.807, 2.05) is 17.5 Å². The summed E-state index contributed by atoms with van der Waals surface area (Å²) in [7, 11) is 0. The summed E-state index contributed by atoms with van der Waals surface area (Å²) in [5, 5.41) is 4.74. The predicted octanol–water partition coefficient (Wildman–Crippen LogP) is 1.17. The van der Waals surface area contributed by atoms with Crippen LogP contribution < -0.4 is 11.1 Å². The minimum Gasteiger partial charge on any atom is -0.448 e. The van der Waals surface area contributed by atoms with Crippen LogP contribution in [0.25, 0.3) is 0 Å². The molecule has 2 aromatic heterocycles. The van der Waals surface area contributed by atoms with Crippen molar-refractivity contribution in [2.45, 2.75) is 13.0 Å². The lowest BCUT2D eigenvalue weighted by atomic mass is 10.4. The Kier molecular flexibility index (Phi) is 3.89. The molecular weight excluding hydrogens is 238 g/mol. The zero-order chi connectivity index (χ0) is 12.1. The SMILES string of the molecule is NCCc1nc(C(=O)NCc2cccs2)co1. The van der Waals surface area contributed by atoms with Crippen LogP contribution in [-0.2, 0) is 13.0 Å². The van der Waals surface area contributed by atoms with Crippen molar-refractivity contribution >= 4 is 17.2 Å². The van der Waals surface area contributed by atoms with Crippen LogP contribution >= 0.6 is 11.3 Å². The van der Waals surface area contributed by atoms with E-state index >= 15 is 0 Å². The molecule has 2 heterocycles. The molecule has 17 heavy (non-hydrogen) atoms. The minimum absolute atomic E-state index is 0.231. The number of amides is 1. The molecule has 2 rings (SSSR count). The fourth-order valence-corrected chi connectivity index (χ4v) is 1.97. The molecule has 2 aromatic rings. The molecule has 0 bridgehead atoms. The normalized spacial score (nSPS) is 10.4. The Morgan fingerprint density at radius 1 is 1.59 bits per heavy atom. The highest BCUT2D eigenvalue weighted by Gasteiger charge is 2.11. The number of carbonyl (C=O) groups excluding carboxylic acids is 1. The molecule has 0 spiro atoms. The molecule has 5 nitrogen and oxygen atoms in total. The topological polar surface area (TPSA) is 81.1 Å². The molecule has 0 aromatic carbocycles. The molecule has 3 N–H and O–H groups in total. The third-order valence-corrected chi connectivity index (χ3v) is 3.02. The fraction of sp³-hybridized carbons (Fsp3) is 0.273. The quantitative estimate of drug-likeness (QED) is 0.835. The fourth-order valence-electron chi connectivity index (χ4n) is 1.32. The Morgan fingerprint density at radius 2 is 2.47 bits per heavy atom. The largest absolute Gasteiger partial charge is 0.448 e. The van der Waals surface area contributed by atoms with Gasteiger partial charge in [-0.3, -0.25) is 4.79 Å². The van der Waals surface area contributed by atoms with Gasteiger partial charge in [-0.2, -0.15) is 0 Å². The summed E-state index contributed by atoms with van der Waals surface area (Å²) >= 11 is 1.60. The van der Waals surface area contributed by atoms with E-state index in [1.54, 1.807) is 11.3 Å². The lowest BCUT2D eigenvalue weighted by Gasteiger charge is -1.99. The van der Waals surface area contributed by atoms with Crippen molar-refractivity contribution in [1.82, 2.24) is 10.3 Å². The van der Waals surface area contributed by atoms with E-state index in [2.05, 4.69) is 10.3 Å². The molecule has 0 unspecified atom stereocenters. The highest BCUT2D eigenvalue weighted by molar-refractivity contribution is 7.09. The summed E-state index contributed by atoms with van der Waals surface area (Å²) in [5.74, 6) is 0.263. The molecular formula is C11H13N3O2S. The van der Waals surface area contributed by atoms with Crippen molar-refractivity contribution in [1.29, 1.82) is 0 Å². The van der Waals surface area contributed by atoms with Crippen LogP contribution in [0.5, 0.6) is 0 Å². The van der Waals surface area contributed by atoms with E-state index in [0.29, 0.717) is 31.1 Å². The summed E-state index contributed by atoms with van der Waals surface area (Å²) < 4.78 is 5.11. The summed E-state index contributed by atoms with van der Waals surface area (Å²) in [5.41, 5.74) is 5.67. The lowest BCUT2D eigenvalue weighted by Crippen LogP contribution is -2.22. The number of nitrogens with zero attached hydrogens (tertiary/aromatic N) is 1. The monoisotopic (exact) mass is 251 g/mol. The first-order valence-electron chi connectivity index (χ1n) is 5.24. The van der Waals surface area contributed by atoms with Gasteiger partial charge in [0, 0.05) is 17.8 Å². The average molecular weight is 251 g/mol. The van der Waals surface area contributed by atoms with Crippen molar-refractivity contribution < 1.29 is 9.21 Å². The Bertz CT molecular complexity index is 479. The van der Waals surface area contributed by atoms with Gasteiger partial charge in [-0.1, -0.05) is 6.07 Å². The minimum atomic E-state index is -0.231. The van der Waals surface area contributed by atoms with Gasteiger partial charge < -0.3 is 15.5 Å². The lowest BCUT2D eigenvalue weighted by molar-refractivity contribution is 0.0946. The number of aromatic nitrogens is 1.